The summed E-state index contributed by atoms with van der Waals surface area (Å²) in [5.41, 5.74) is -1.23. The number of benzene rings is 1. The molecule has 0 saturated heterocycles. The van der Waals surface area contributed by atoms with Crippen molar-refractivity contribution in [3.63, 3.8) is 0 Å². The van der Waals surface area contributed by atoms with E-state index in [9.17, 15) is 9.59 Å². The van der Waals surface area contributed by atoms with E-state index >= 15 is 0 Å². The number of hydrogen-bond acceptors (Lipinski definition) is 3. The summed E-state index contributed by atoms with van der Waals surface area (Å²) in [6.07, 6.45) is 0.125. The molecule has 0 aromatic heterocycles. The van der Waals surface area contributed by atoms with Crippen molar-refractivity contribution in [2.75, 3.05) is 13.7 Å². The molecule has 1 N–H and O–H groups in total. The highest BCUT2D eigenvalue weighted by Crippen LogP contribution is 2.18. The summed E-state index contributed by atoms with van der Waals surface area (Å²) in [6.45, 7) is 3.18. The maximum atomic E-state index is 11.9. The highest BCUT2D eigenvalue weighted by atomic mass is 79.9. The molecular formula is C14H18BrNO4. The fraction of sp³-hybridized carbons (Fsp3) is 0.429. The monoisotopic (exact) mass is 343 g/mol. The summed E-state index contributed by atoms with van der Waals surface area (Å²) >= 11 is 3.33. The first kappa shape index (κ1) is 16.5. The zero-order valence-corrected chi connectivity index (χ0v) is 13.3. The number of carboxylic acids is 1. The first-order chi connectivity index (χ1) is 9.25. The number of hydrogen-bond donors (Lipinski definition) is 1. The van der Waals surface area contributed by atoms with E-state index in [0.29, 0.717) is 5.75 Å². The fourth-order valence-corrected chi connectivity index (χ4v) is 1.81. The van der Waals surface area contributed by atoms with Gasteiger partial charge in [0.1, 0.15) is 11.3 Å². The lowest BCUT2D eigenvalue weighted by Gasteiger charge is -2.31. The second kappa shape index (κ2) is 6.74. The third kappa shape index (κ3) is 4.23. The highest BCUT2D eigenvalue weighted by molar-refractivity contribution is 9.10. The van der Waals surface area contributed by atoms with E-state index in [4.69, 9.17) is 9.84 Å². The summed E-state index contributed by atoms with van der Waals surface area (Å²) in [5, 5.41) is 9.06. The smallest absolute Gasteiger partial charge is 0.329 e. The van der Waals surface area contributed by atoms with Crippen molar-refractivity contribution in [3.8, 4) is 5.75 Å². The summed E-state index contributed by atoms with van der Waals surface area (Å²) in [5.74, 6) is -0.652. The summed E-state index contributed by atoms with van der Waals surface area (Å²) < 4.78 is 6.35. The lowest BCUT2D eigenvalue weighted by molar-refractivity contribution is -0.155. The van der Waals surface area contributed by atoms with Crippen LogP contribution in [0.25, 0.3) is 0 Å². The Morgan fingerprint density at radius 3 is 2.60 bits per heavy atom. The first-order valence-electron chi connectivity index (χ1n) is 6.13. The Morgan fingerprint density at radius 1 is 1.40 bits per heavy atom. The number of aliphatic carboxylic acids is 1. The maximum Gasteiger partial charge on any atom is 0.329 e. The van der Waals surface area contributed by atoms with Crippen LogP contribution >= 0.6 is 15.9 Å². The first-order valence-corrected chi connectivity index (χ1v) is 6.93. The summed E-state index contributed by atoms with van der Waals surface area (Å²) in [6, 6.07) is 7.30. The average molecular weight is 344 g/mol. The zero-order chi connectivity index (χ0) is 15.3. The van der Waals surface area contributed by atoms with Gasteiger partial charge in [0.2, 0.25) is 5.91 Å². The molecule has 0 radical (unpaired) electrons. The van der Waals surface area contributed by atoms with Gasteiger partial charge in [0, 0.05) is 11.5 Å². The van der Waals surface area contributed by atoms with Crippen molar-refractivity contribution < 1.29 is 19.4 Å². The molecule has 0 bridgehead atoms. The van der Waals surface area contributed by atoms with Crippen LogP contribution in [0.2, 0.25) is 0 Å². The van der Waals surface area contributed by atoms with Gasteiger partial charge in [-0.3, -0.25) is 4.79 Å². The Bertz CT molecular complexity index is 502. The molecule has 5 nitrogen and oxygen atoms in total. The molecule has 1 aromatic rings. The maximum absolute atomic E-state index is 11.9. The molecule has 6 heteroatoms. The number of carboxylic acid groups (broad SMARTS) is 1. The van der Waals surface area contributed by atoms with Crippen molar-refractivity contribution in [2.24, 2.45) is 0 Å². The third-order valence-corrected chi connectivity index (χ3v) is 3.61. The normalized spacial score (nSPS) is 11.0. The quantitative estimate of drug-likeness (QED) is 0.861. The van der Waals surface area contributed by atoms with Crippen LogP contribution in [0.4, 0.5) is 0 Å². The van der Waals surface area contributed by atoms with Crippen LogP contribution in [0.3, 0.4) is 0 Å². The number of amides is 1. The molecule has 110 valence electrons. The molecule has 0 fully saturated rings. The number of carbonyl (C=O) groups is 2. The Kier molecular flexibility index (Phi) is 5.56. The van der Waals surface area contributed by atoms with Crippen LogP contribution in [-0.2, 0) is 9.59 Å². The van der Waals surface area contributed by atoms with Crippen molar-refractivity contribution in [2.45, 2.75) is 25.8 Å². The molecule has 0 heterocycles. The van der Waals surface area contributed by atoms with E-state index in [-0.39, 0.29) is 18.9 Å². The molecule has 0 aliphatic rings. The minimum atomic E-state index is -1.23. The number of ether oxygens (including phenoxy) is 1. The molecule has 1 aromatic carbocycles. The SMILES string of the molecule is CN(C(=O)CCOc1cccc(Br)c1)C(C)(C)C(=O)O. The Balaban J connectivity index is 2.50. The van der Waals surface area contributed by atoms with Crippen LogP contribution in [0.5, 0.6) is 5.75 Å². The summed E-state index contributed by atoms with van der Waals surface area (Å²) in [7, 11) is 1.48. The number of nitrogens with zero attached hydrogens (tertiary/aromatic N) is 1. The predicted octanol–water partition coefficient (Wildman–Crippen LogP) is 2.54. The van der Waals surface area contributed by atoms with E-state index in [1.54, 1.807) is 12.1 Å². The van der Waals surface area contributed by atoms with E-state index < -0.39 is 11.5 Å². The molecule has 0 saturated carbocycles. The number of carbonyl (C=O) groups excluding carboxylic acids is 1. The molecule has 0 spiro atoms. The molecular weight excluding hydrogens is 326 g/mol. The van der Waals surface area contributed by atoms with Gasteiger partial charge < -0.3 is 14.7 Å². The standard InChI is InChI=1S/C14H18BrNO4/c1-14(2,13(18)19)16(3)12(17)7-8-20-11-6-4-5-10(15)9-11/h4-6,9H,7-8H2,1-3H3,(H,18,19). The summed E-state index contributed by atoms with van der Waals surface area (Å²) in [4.78, 5) is 24.2. The van der Waals surface area contributed by atoms with Gasteiger partial charge in [0.05, 0.1) is 13.0 Å². The van der Waals surface area contributed by atoms with Crippen LogP contribution in [0.1, 0.15) is 20.3 Å². The largest absolute Gasteiger partial charge is 0.493 e. The third-order valence-electron chi connectivity index (χ3n) is 3.12. The van der Waals surface area contributed by atoms with Crippen LogP contribution in [0, 0.1) is 0 Å². The zero-order valence-electron chi connectivity index (χ0n) is 11.7. The molecule has 0 aliphatic heterocycles. The average Bonchev–Trinajstić information content (AvgIpc) is 2.37. The van der Waals surface area contributed by atoms with E-state index in [1.807, 2.05) is 12.1 Å². The number of halogens is 1. The van der Waals surface area contributed by atoms with Gasteiger partial charge in [-0.15, -0.1) is 0 Å². The van der Waals surface area contributed by atoms with Crippen molar-refractivity contribution >= 4 is 27.8 Å². The van der Waals surface area contributed by atoms with E-state index in [2.05, 4.69) is 15.9 Å². The van der Waals surface area contributed by atoms with E-state index in [1.165, 1.54) is 25.8 Å². The van der Waals surface area contributed by atoms with Crippen LogP contribution in [0.15, 0.2) is 28.7 Å². The minimum Gasteiger partial charge on any atom is -0.493 e. The van der Waals surface area contributed by atoms with Gasteiger partial charge in [0.25, 0.3) is 0 Å². The molecule has 0 unspecified atom stereocenters. The van der Waals surface area contributed by atoms with Gasteiger partial charge in [-0.1, -0.05) is 22.0 Å². The second-order valence-corrected chi connectivity index (χ2v) is 5.79. The van der Waals surface area contributed by atoms with Crippen molar-refractivity contribution in [3.05, 3.63) is 28.7 Å². The Morgan fingerprint density at radius 2 is 2.05 bits per heavy atom. The van der Waals surface area contributed by atoms with Gasteiger partial charge in [-0.25, -0.2) is 4.79 Å². The lowest BCUT2D eigenvalue weighted by Crippen LogP contribution is -2.51. The van der Waals surface area contributed by atoms with Crippen LogP contribution < -0.4 is 4.74 Å². The van der Waals surface area contributed by atoms with Gasteiger partial charge in [-0.2, -0.15) is 0 Å². The van der Waals surface area contributed by atoms with Gasteiger partial charge >= 0.3 is 5.97 Å². The van der Waals surface area contributed by atoms with Gasteiger partial charge in [-0.05, 0) is 32.0 Å². The minimum absolute atomic E-state index is 0.125. The number of likely N-dealkylation sites (N-methyl/N-ethyl adjacent to an activating group) is 1. The number of rotatable bonds is 6. The van der Waals surface area contributed by atoms with Crippen molar-refractivity contribution in [1.29, 1.82) is 0 Å². The molecule has 0 atom stereocenters. The van der Waals surface area contributed by atoms with Crippen LogP contribution in [-0.4, -0.2) is 41.1 Å². The molecule has 1 rings (SSSR count). The fourth-order valence-electron chi connectivity index (χ4n) is 1.44. The van der Waals surface area contributed by atoms with Gasteiger partial charge in [0.15, 0.2) is 0 Å². The lowest BCUT2D eigenvalue weighted by atomic mass is 10.0. The predicted molar refractivity (Wildman–Crippen MR) is 78.7 cm³/mol. The Labute approximate surface area is 126 Å². The molecule has 1 amide bonds. The second-order valence-electron chi connectivity index (χ2n) is 4.87. The van der Waals surface area contributed by atoms with E-state index in [0.717, 1.165) is 4.47 Å². The Hall–Kier alpha value is -1.56. The molecule has 0 aliphatic carbocycles. The topological polar surface area (TPSA) is 66.8 Å². The molecule has 20 heavy (non-hydrogen) atoms. The highest BCUT2D eigenvalue weighted by Gasteiger charge is 2.34. The van der Waals surface area contributed by atoms with Crippen molar-refractivity contribution in [1.82, 2.24) is 4.90 Å².